The summed E-state index contributed by atoms with van der Waals surface area (Å²) in [4.78, 5) is 4.93. The van der Waals surface area contributed by atoms with E-state index in [0.717, 1.165) is 39.0 Å². The minimum Gasteiger partial charge on any atom is -0.454 e. The lowest BCUT2D eigenvalue weighted by Crippen LogP contribution is -2.33. The van der Waals surface area contributed by atoms with Gasteiger partial charge in [0.15, 0.2) is 5.58 Å². The summed E-state index contributed by atoms with van der Waals surface area (Å²) in [5, 5.41) is 4.80. The Morgan fingerprint density at radius 1 is 0.411 bits per heavy atom. The molecule has 0 atom stereocenters. The van der Waals surface area contributed by atoms with E-state index < -0.39 is 5.41 Å². The molecule has 10 aromatic rings. The molecular weight excluding hydrogens is 699 g/mol. The van der Waals surface area contributed by atoms with Crippen LogP contribution in [-0.4, -0.2) is 0 Å². The summed E-state index contributed by atoms with van der Waals surface area (Å²) < 4.78 is 6.59. The van der Waals surface area contributed by atoms with Crippen LogP contribution in [0.4, 0.5) is 17.1 Å². The van der Waals surface area contributed by atoms with Crippen LogP contribution in [-0.2, 0) is 5.41 Å². The van der Waals surface area contributed by atoms with Crippen molar-refractivity contribution in [2.75, 3.05) is 4.90 Å². The molecule has 9 aromatic carbocycles. The van der Waals surface area contributed by atoms with Gasteiger partial charge in [-0.25, -0.2) is 0 Å². The monoisotopic (exact) mass is 731 g/mol. The van der Waals surface area contributed by atoms with E-state index in [4.69, 9.17) is 4.42 Å². The molecule has 0 unspecified atom stereocenters. The number of nitrogens with zero attached hydrogens (tertiary/aromatic N) is 1. The van der Waals surface area contributed by atoms with Crippen molar-refractivity contribution in [3.63, 3.8) is 0 Å². The minimum absolute atomic E-state index is 0.508. The molecule has 0 fully saturated rings. The van der Waals surface area contributed by atoms with Crippen molar-refractivity contribution in [2.45, 2.75) is 15.2 Å². The molecule has 2 heterocycles. The smallest absolute Gasteiger partial charge is 0.159 e. The molecular formula is C53H33NOS. The van der Waals surface area contributed by atoms with E-state index >= 15 is 0 Å². The zero-order valence-electron chi connectivity index (χ0n) is 30.3. The first-order chi connectivity index (χ1) is 27.8. The molecule has 3 heteroatoms. The first-order valence-corrected chi connectivity index (χ1v) is 20.0. The number of anilines is 3. The van der Waals surface area contributed by atoms with Gasteiger partial charge >= 0.3 is 0 Å². The van der Waals surface area contributed by atoms with E-state index in [1.807, 2.05) is 17.8 Å². The van der Waals surface area contributed by atoms with Gasteiger partial charge in [-0.15, -0.1) is 0 Å². The normalized spacial score (nSPS) is 13.4. The lowest BCUT2D eigenvalue weighted by molar-refractivity contribution is 0.669. The Hall–Kier alpha value is -6.81. The SMILES string of the molecule is c1ccc(N(c2ccc(-c3cccc4c3C3(c5ccccc5-c5ccccc53)c3c(ccc5ccccc35)S4)cc2)c2cccc3c2oc2ccccc23)cc1. The third kappa shape index (κ3) is 4.35. The average Bonchev–Trinajstić information content (AvgIpc) is 3.79. The van der Waals surface area contributed by atoms with Crippen molar-refractivity contribution < 1.29 is 4.42 Å². The summed E-state index contributed by atoms with van der Waals surface area (Å²) in [5.74, 6) is 0. The summed E-state index contributed by atoms with van der Waals surface area (Å²) in [7, 11) is 0. The molecule has 0 saturated carbocycles. The van der Waals surface area contributed by atoms with E-state index in [9.17, 15) is 0 Å². The van der Waals surface area contributed by atoms with E-state index in [1.54, 1.807) is 0 Å². The molecule has 1 aliphatic heterocycles. The van der Waals surface area contributed by atoms with Crippen LogP contribution in [0.3, 0.4) is 0 Å². The standard InChI is InChI=1S/C53H33NOS/c1-2-15-36(16-3-1)54(46-25-12-22-43-42-20-8-11-26-47(42)55-52(43)46)37-31-28-35(29-32-37)39-21-13-27-48-50(39)53(51-38-17-5-4-14-34(38)30-33-49(51)56-48)44-23-9-6-18-40(44)41-19-7-10-24-45(41)53/h1-33H. The molecule has 0 amide bonds. The van der Waals surface area contributed by atoms with Crippen LogP contribution in [0.15, 0.2) is 214 Å². The highest BCUT2D eigenvalue weighted by Crippen LogP contribution is 2.65. The summed E-state index contributed by atoms with van der Waals surface area (Å²) in [5.41, 5.74) is 14.9. The second-order valence-corrected chi connectivity index (χ2v) is 15.8. The first kappa shape index (κ1) is 31.5. The van der Waals surface area contributed by atoms with Gasteiger partial charge in [-0.2, -0.15) is 0 Å². The van der Waals surface area contributed by atoms with Gasteiger partial charge in [0.05, 0.1) is 11.1 Å². The molecule has 262 valence electrons. The number of rotatable bonds is 4. The predicted octanol–water partition coefficient (Wildman–Crippen LogP) is 14.7. The molecule has 2 nitrogen and oxygen atoms in total. The Bertz CT molecular complexity index is 3130. The van der Waals surface area contributed by atoms with Crippen molar-refractivity contribution >= 4 is 61.5 Å². The van der Waals surface area contributed by atoms with E-state index in [0.29, 0.717) is 0 Å². The molecule has 12 rings (SSSR count). The Morgan fingerprint density at radius 3 is 1.82 bits per heavy atom. The van der Waals surface area contributed by atoms with Crippen LogP contribution in [0.25, 0.3) is 55.0 Å². The fourth-order valence-corrected chi connectivity index (χ4v) is 10.9. The Kier molecular flexibility index (Phi) is 6.81. The number of hydrogen-bond acceptors (Lipinski definition) is 3. The number of furan rings is 1. The van der Waals surface area contributed by atoms with Gasteiger partial charge in [0.2, 0.25) is 0 Å². The number of benzene rings is 9. The van der Waals surface area contributed by atoms with Crippen molar-refractivity contribution in [3.05, 3.63) is 222 Å². The van der Waals surface area contributed by atoms with Gasteiger partial charge in [-0.1, -0.05) is 163 Å². The largest absolute Gasteiger partial charge is 0.454 e. The fourth-order valence-electron chi connectivity index (χ4n) is 9.69. The summed E-state index contributed by atoms with van der Waals surface area (Å²) in [6.07, 6.45) is 0. The molecule has 0 saturated heterocycles. The van der Waals surface area contributed by atoms with Gasteiger partial charge in [0, 0.05) is 31.9 Å². The maximum Gasteiger partial charge on any atom is 0.159 e. The Balaban J connectivity index is 1.09. The highest BCUT2D eigenvalue weighted by molar-refractivity contribution is 7.99. The molecule has 1 aliphatic carbocycles. The number of hydrogen-bond donors (Lipinski definition) is 0. The van der Waals surface area contributed by atoms with E-state index in [1.165, 1.54) is 65.1 Å². The topological polar surface area (TPSA) is 16.4 Å². The third-order valence-corrected chi connectivity index (χ3v) is 13.0. The second kappa shape index (κ2) is 12.1. The summed E-state index contributed by atoms with van der Waals surface area (Å²) in [6.45, 7) is 0. The fraction of sp³-hybridized carbons (Fsp3) is 0.0189. The highest BCUT2D eigenvalue weighted by atomic mass is 32.2. The van der Waals surface area contributed by atoms with Gasteiger partial charge in [-0.05, 0) is 104 Å². The van der Waals surface area contributed by atoms with Crippen LogP contribution >= 0.6 is 11.8 Å². The van der Waals surface area contributed by atoms with Crippen LogP contribution < -0.4 is 4.90 Å². The minimum atomic E-state index is -0.508. The van der Waals surface area contributed by atoms with Gasteiger partial charge < -0.3 is 9.32 Å². The van der Waals surface area contributed by atoms with Crippen molar-refractivity contribution in [3.8, 4) is 22.3 Å². The summed E-state index contributed by atoms with van der Waals surface area (Å²) >= 11 is 1.90. The predicted molar refractivity (Wildman–Crippen MR) is 233 cm³/mol. The van der Waals surface area contributed by atoms with Gasteiger partial charge in [0.25, 0.3) is 0 Å². The second-order valence-electron chi connectivity index (χ2n) is 14.8. The van der Waals surface area contributed by atoms with Gasteiger partial charge in [0.1, 0.15) is 5.58 Å². The highest BCUT2D eigenvalue weighted by Gasteiger charge is 2.52. The van der Waals surface area contributed by atoms with Crippen LogP contribution in [0.5, 0.6) is 0 Å². The van der Waals surface area contributed by atoms with Crippen molar-refractivity contribution in [1.82, 2.24) is 0 Å². The lowest BCUT2D eigenvalue weighted by atomic mass is 9.64. The molecule has 1 aromatic heterocycles. The van der Waals surface area contributed by atoms with Crippen molar-refractivity contribution in [1.29, 1.82) is 0 Å². The average molecular weight is 732 g/mol. The number of fused-ring (bicyclic) bond motifs is 14. The first-order valence-electron chi connectivity index (χ1n) is 19.2. The maximum absolute atomic E-state index is 6.59. The van der Waals surface area contributed by atoms with Crippen molar-refractivity contribution in [2.24, 2.45) is 0 Å². The molecule has 1 spiro atoms. The number of para-hydroxylation sites is 3. The Morgan fingerprint density at radius 2 is 1.02 bits per heavy atom. The van der Waals surface area contributed by atoms with E-state index in [-0.39, 0.29) is 0 Å². The summed E-state index contributed by atoms with van der Waals surface area (Å²) in [6, 6.07) is 73.2. The lowest BCUT2D eigenvalue weighted by Gasteiger charge is -2.42. The molecule has 56 heavy (non-hydrogen) atoms. The molecule has 0 radical (unpaired) electrons. The Labute approximate surface area is 329 Å². The zero-order valence-corrected chi connectivity index (χ0v) is 31.1. The van der Waals surface area contributed by atoms with Crippen LogP contribution in [0.2, 0.25) is 0 Å². The van der Waals surface area contributed by atoms with Crippen LogP contribution in [0.1, 0.15) is 22.3 Å². The molecule has 0 bridgehead atoms. The van der Waals surface area contributed by atoms with E-state index in [2.05, 4.69) is 199 Å². The molecule has 0 N–H and O–H groups in total. The zero-order chi connectivity index (χ0) is 36.8. The van der Waals surface area contributed by atoms with Crippen LogP contribution in [0, 0.1) is 0 Å². The third-order valence-electron chi connectivity index (χ3n) is 11.9. The maximum atomic E-state index is 6.59. The quantitative estimate of drug-likeness (QED) is 0.179. The van der Waals surface area contributed by atoms with Gasteiger partial charge in [-0.3, -0.25) is 0 Å². The molecule has 2 aliphatic rings.